The van der Waals surface area contributed by atoms with E-state index < -0.39 is 0 Å². The predicted octanol–water partition coefficient (Wildman–Crippen LogP) is 2.93. The zero-order valence-corrected chi connectivity index (χ0v) is 15.6. The number of nitrogens with zero attached hydrogens (tertiary/aromatic N) is 1. The van der Waals surface area contributed by atoms with Gasteiger partial charge in [-0.25, -0.2) is 0 Å². The minimum Gasteiger partial charge on any atom is -0.493 e. The summed E-state index contributed by atoms with van der Waals surface area (Å²) in [5.41, 5.74) is 2.47. The van der Waals surface area contributed by atoms with Gasteiger partial charge < -0.3 is 24.4 Å². The molecule has 2 aliphatic rings. The van der Waals surface area contributed by atoms with Crippen LogP contribution in [0.2, 0.25) is 0 Å². The van der Waals surface area contributed by atoms with E-state index in [9.17, 15) is 4.79 Å². The second-order valence-electron chi connectivity index (χ2n) is 6.91. The Morgan fingerprint density at radius 2 is 1.96 bits per heavy atom. The highest BCUT2D eigenvalue weighted by atomic mass is 16.5. The van der Waals surface area contributed by atoms with Crippen molar-refractivity contribution in [2.45, 2.75) is 25.2 Å². The van der Waals surface area contributed by atoms with Gasteiger partial charge in [0, 0.05) is 26.3 Å². The zero-order chi connectivity index (χ0) is 18.8. The van der Waals surface area contributed by atoms with E-state index in [0.717, 1.165) is 17.7 Å². The van der Waals surface area contributed by atoms with E-state index in [1.807, 2.05) is 41.3 Å². The number of hydrogen-bond donors (Lipinski definition) is 1. The maximum Gasteiger partial charge on any atom is 0.256 e. The summed E-state index contributed by atoms with van der Waals surface area (Å²) >= 11 is 0. The van der Waals surface area contributed by atoms with Gasteiger partial charge in [0.05, 0.1) is 30.5 Å². The van der Waals surface area contributed by atoms with Gasteiger partial charge in [0.15, 0.2) is 11.5 Å². The minimum absolute atomic E-state index is 0.00691. The lowest BCUT2D eigenvalue weighted by Crippen LogP contribution is -2.37. The molecule has 2 aliphatic heterocycles. The molecule has 0 radical (unpaired) electrons. The Balaban J connectivity index is 1.60. The first kappa shape index (κ1) is 17.7. The number of methoxy groups -OCH3 is 2. The highest BCUT2D eigenvalue weighted by Crippen LogP contribution is 2.37. The van der Waals surface area contributed by atoms with Crippen LogP contribution in [0.3, 0.4) is 0 Å². The largest absolute Gasteiger partial charge is 0.493 e. The fourth-order valence-corrected chi connectivity index (χ4v) is 3.76. The summed E-state index contributed by atoms with van der Waals surface area (Å²) in [5, 5.41) is 3.41. The topological polar surface area (TPSA) is 60.0 Å². The molecule has 2 atom stereocenters. The zero-order valence-electron chi connectivity index (χ0n) is 15.6. The Labute approximate surface area is 159 Å². The molecule has 0 spiro atoms. The van der Waals surface area contributed by atoms with Crippen molar-refractivity contribution in [1.29, 1.82) is 0 Å². The molecular weight excluding hydrogens is 344 g/mol. The molecule has 1 amide bonds. The summed E-state index contributed by atoms with van der Waals surface area (Å²) in [5.74, 6) is 1.19. The predicted molar refractivity (Wildman–Crippen MR) is 102 cm³/mol. The van der Waals surface area contributed by atoms with Crippen molar-refractivity contribution in [3.8, 4) is 11.5 Å². The summed E-state index contributed by atoms with van der Waals surface area (Å²) in [6.07, 6.45) is 0.940. The molecule has 1 fully saturated rings. The molecule has 0 aromatic heterocycles. The van der Waals surface area contributed by atoms with Gasteiger partial charge >= 0.3 is 0 Å². The third-order valence-corrected chi connectivity index (χ3v) is 5.27. The van der Waals surface area contributed by atoms with Gasteiger partial charge in [0.1, 0.15) is 6.61 Å². The molecule has 142 valence electrons. The Hall–Kier alpha value is -2.73. The van der Waals surface area contributed by atoms with E-state index in [-0.39, 0.29) is 18.1 Å². The second kappa shape index (κ2) is 7.48. The quantitative estimate of drug-likeness (QED) is 0.879. The van der Waals surface area contributed by atoms with Crippen LogP contribution in [0, 0.1) is 0 Å². The number of carbonyl (C=O) groups is 1. The first-order valence-corrected chi connectivity index (χ1v) is 9.16. The van der Waals surface area contributed by atoms with Crippen LogP contribution >= 0.6 is 0 Å². The van der Waals surface area contributed by atoms with Crippen molar-refractivity contribution in [3.05, 3.63) is 53.6 Å². The Kier molecular flexibility index (Phi) is 4.90. The monoisotopic (exact) mass is 368 g/mol. The van der Waals surface area contributed by atoms with Gasteiger partial charge in [-0.3, -0.25) is 4.79 Å². The number of benzene rings is 2. The lowest BCUT2D eigenvalue weighted by molar-refractivity contribution is 0.0698. The van der Waals surface area contributed by atoms with E-state index in [1.165, 1.54) is 0 Å². The average Bonchev–Trinajstić information content (AvgIpc) is 3.09. The van der Waals surface area contributed by atoms with Crippen LogP contribution in [0.4, 0.5) is 5.69 Å². The van der Waals surface area contributed by atoms with Crippen molar-refractivity contribution in [2.24, 2.45) is 0 Å². The molecule has 0 saturated carbocycles. The maximum atomic E-state index is 13.1. The molecule has 2 heterocycles. The SMILES string of the molecule is COc1cc2c(cc1OCc1ccccc1)NC[C@@H]1C[C@H](OC)CN1C2=O. The molecule has 0 aliphatic carbocycles. The number of amides is 1. The smallest absolute Gasteiger partial charge is 0.256 e. The van der Waals surface area contributed by atoms with Crippen LogP contribution in [0.15, 0.2) is 42.5 Å². The molecule has 27 heavy (non-hydrogen) atoms. The normalized spacial score (nSPS) is 21.1. The van der Waals surface area contributed by atoms with E-state index >= 15 is 0 Å². The summed E-state index contributed by atoms with van der Waals surface area (Å²) < 4.78 is 16.9. The van der Waals surface area contributed by atoms with Crippen LogP contribution in [-0.2, 0) is 11.3 Å². The summed E-state index contributed by atoms with van der Waals surface area (Å²) in [4.78, 5) is 15.0. The molecular formula is C21H24N2O4. The van der Waals surface area contributed by atoms with Gasteiger partial charge in [0.25, 0.3) is 5.91 Å². The van der Waals surface area contributed by atoms with Crippen molar-refractivity contribution in [2.75, 3.05) is 32.6 Å². The Morgan fingerprint density at radius 1 is 1.15 bits per heavy atom. The third kappa shape index (κ3) is 3.45. The number of ether oxygens (including phenoxy) is 3. The van der Waals surface area contributed by atoms with Crippen LogP contribution in [-0.4, -0.2) is 50.3 Å². The highest BCUT2D eigenvalue weighted by Gasteiger charge is 2.38. The number of carbonyl (C=O) groups excluding carboxylic acids is 1. The van der Waals surface area contributed by atoms with Crippen LogP contribution < -0.4 is 14.8 Å². The molecule has 6 heteroatoms. The van der Waals surface area contributed by atoms with Crippen molar-refractivity contribution >= 4 is 11.6 Å². The van der Waals surface area contributed by atoms with Gasteiger partial charge in [-0.05, 0) is 18.1 Å². The maximum absolute atomic E-state index is 13.1. The Morgan fingerprint density at radius 3 is 2.70 bits per heavy atom. The summed E-state index contributed by atoms with van der Waals surface area (Å²) in [6.45, 7) is 1.76. The van der Waals surface area contributed by atoms with E-state index in [0.29, 0.717) is 36.8 Å². The van der Waals surface area contributed by atoms with Crippen molar-refractivity contribution < 1.29 is 19.0 Å². The van der Waals surface area contributed by atoms with Crippen LogP contribution in [0.5, 0.6) is 11.5 Å². The number of nitrogens with one attached hydrogen (secondary N) is 1. The molecule has 0 bridgehead atoms. The van der Waals surface area contributed by atoms with E-state index in [1.54, 1.807) is 20.3 Å². The molecule has 2 aromatic rings. The molecule has 2 aromatic carbocycles. The number of anilines is 1. The third-order valence-electron chi connectivity index (χ3n) is 5.27. The second-order valence-corrected chi connectivity index (χ2v) is 6.91. The first-order chi connectivity index (χ1) is 13.2. The molecule has 0 unspecified atom stereocenters. The van der Waals surface area contributed by atoms with E-state index in [4.69, 9.17) is 14.2 Å². The standard InChI is InChI=1S/C21H24N2O4/c1-25-16-8-15-11-22-18-10-20(27-13-14-6-4-3-5-7-14)19(26-2)9-17(18)21(24)23(15)12-16/h3-7,9-10,15-16,22H,8,11-13H2,1-2H3/t15-,16-/m0/s1. The van der Waals surface area contributed by atoms with Gasteiger partial charge in [-0.15, -0.1) is 0 Å². The fraction of sp³-hybridized carbons (Fsp3) is 0.381. The van der Waals surface area contributed by atoms with Gasteiger partial charge in [-0.2, -0.15) is 0 Å². The number of fused-ring (bicyclic) bond motifs is 2. The molecule has 6 nitrogen and oxygen atoms in total. The Bertz CT molecular complexity index is 824. The summed E-state index contributed by atoms with van der Waals surface area (Å²) in [6, 6.07) is 13.7. The minimum atomic E-state index is 0.00691. The van der Waals surface area contributed by atoms with Crippen molar-refractivity contribution in [1.82, 2.24) is 4.90 Å². The first-order valence-electron chi connectivity index (χ1n) is 9.16. The van der Waals surface area contributed by atoms with Crippen molar-refractivity contribution in [3.63, 3.8) is 0 Å². The average molecular weight is 368 g/mol. The lowest BCUT2D eigenvalue weighted by atomic mass is 10.1. The fourth-order valence-electron chi connectivity index (χ4n) is 3.76. The molecule has 4 rings (SSSR count). The highest BCUT2D eigenvalue weighted by molar-refractivity contribution is 6.01. The van der Waals surface area contributed by atoms with Gasteiger partial charge in [0.2, 0.25) is 0 Å². The summed E-state index contributed by atoms with van der Waals surface area (Å²) in [7, 11) is 3.29. The molecule has 1 saturated heterocycles. The lowest BCUT2D eigenvalue weighted by Gasteiger charge is -2.21. The number of hydrogen-bond acceptors (Lipinski definition) is 5. The van der Waals surface area contributed by atoms with E-state index in [2.05, 4.69) is 5.32 Å². The number of rotatable bonds is 5. The van der Waals surface area contributed by atoms with Crippen LogP contribution in [0.1, 0.15) is 22.3 Å². The van der Waals surface area contributed by atoms with Crippen LogP contribution in [0.25, 0.3) is 0 Å². The molecule has 1 N–H and O–H groups in total. The van der Waals surface area contributed by atoms with Gasteiger partial charge in [-0.1, -0.05) is 30.3 Å².